The van der Waals surface area contributed by atoms with E-state index in [9.17, 15) is 14.3 Å². The minimum Gasteiger partial charge on any atom is -0.796 e. The summed E-state index contributed by atoms with van der Waals surface area (Å²) in [5.41, 5.74) is 3.68. The second kappa shape index (κ2) is 6.20. The van der Waals surface area contributed by atoms with Gasteiger partial charge in [0.2, 0.25) is 0 Å². The van der Waals surface area contributed by atoms with Crippen molar-refractivity contribution >= 4 is 18.5 Å². The van der Waals surface area contributed by atoms with Crippen LogP contribution in [0.3, 0.4) is 0 Å². The van der Waals surface area contributed by atoms with Crippen LogP contribution in [0, 0.1) is 20.8 Å². The molecule has 0 amide bonds. The van der Waals surface area contributed by atoms with Gasteiger partial charge in [-0.1, -0.05) is 48.9 Å². The maximum Gasteiger partial charge on any atom is 0.194 e. The molecule has 4 heteroatoms. The summed E-state index contributed by atoms with van der Waals surface area (Å²) in [4.78, 5) is 25.2. The second-order valence-electron chi connectivity index (χ2n) is 5.61. The van der Waals surface area contributed by atoms with Crippen LogP contribution < -0.4 is 10.2 Å². The van der Waals surface area contributed by atoms with Crippen molar-refractivity contribution in [3.63, 3.8) is 0 Å². The molecule has 2 aromatic rings. The summed E-state index contributed by atoms with van der Waals surface area (Å²) >= 11 is 0. The molecule has 22 heavy (non-hydrogen) atoms. The lowest BCUT2D eigenvalue weighted by Crippen LogP contribution is -2.24. The minimum atomic E-state index is -3.75. The first kappa shape index (κ1) is 16.7. The number of carbonyl (C=O) groups excluding carboxylic acids is 1. The fourth-order valence-electron chi connectivity index (χ4n) is 2.81. The summed E-state index contributed by atoms with van der Waals surface area (Å²) in [5.74, 6) is -0.227. The Hall–Kier alpha value is -1.70. The lowest BCUT2D eigenvalue weighted by molar-refractivity contribution is -0.170. The largest absolute Gasteiger partial charge is 0.796 e. The van der Waals surface area contributed by atoms with Gasteiger partial charge in [-0.2, -0.15) is 0 Å². The van der Waals surface area contributed by atoms with E-state index in [1.54, 1.807) is 25.1 Å². The lowest BCUT2D eigenvalue weighted by atomic mass is 9.93. The third-order valence-corrected chi connectivity index (χ3v) is 5.79. The second-order valence-corrected chi connectivity index (χ2v) is 8.07. The molecule has 0 aliphatic carbocycles. The van der Waals surface area contributed by atoms with Gasteiger partial charge in [-0.15, -0.1) is 0 Å². The van der Waals surface area contributed by atoms with Crippen molar-refractivity contribution in [3.8, 4) is 0 Å². The summed E-state index contributed by atoms with van der Waals surface area (Å²) in [6.45, 7) is 7.33. The Morgan fingerprint density at radius 1 is 1.09 bits per heavy atom. The van der Waals surface area contributed by atoms with E-state index in [-0.39, 0.29) is 22.8 Å². The van der Waals surface area contributed by atoms with E-state index in [1.807, 2.05) is 32.9 Å². The zero-order chi connectivity index (χ0) is 16.5. The van der Waals surface area contributed by atoms with Crippen LogP contribution in [0.15, 0.2) is 36.4 Å². The smallest absolute Gasteiger partial charge is 0.194 e. The molecule has 0 saturated heterocycles. The number of hydrogen-bond acceptors (Lipinski definition) is 3. The van der Waals surface area contributed by atoms with Gasteiger partial charge in [-0.3, -0.25) is 4.79 Å². The Morgan fingerprint density at radius 3 is 2.18 bits per heavy atom. The molecule has 116 valence electrons. The molecule has 0 aliphatic rings. The van der Waals surface area contributed by atoms with Crippen molar-refractivity contribution in [3.05, 3.63) is 64.2 Å². The highest BCUT2D eigenvalue weighted by Crippen LogP contribution is 2.35. The zero-order valence-corrected chi connectivity index (χ0v) is 14.2. The molecule has 0 spiro atoms. The zero-order valence-electron chi connectivity index (χ0n) is 13.3. The van der Waals surface area contributed by atoms with Crippen LogP contribution in [0.1, 0.15) is 39.5 Å². The third kappa shape index (κ3) is 3.06. The Morgan fingerprint density at radius 2 is 1.64 bits per heavy atom. The average molecular weight is 315 g/mol. The normalized spacial score (nSPS) is 13.7. The monoisotopic (exact) mass is 315 g/mol. The average Bonchev–Trinajstić information content (AvgIpc) is 2.46. The van der Waals surface area contributed by atoms with Crippen LogP contribution in [-0.2, 0) is 4.57 Å². The van der Waals surface area contributed by atoms with Crippen LogP contribution in [0.4, 0.5) is 0 Å². The molecular formula is C18H20O3P-. The molecule has 2 aromatic carbocycles. The first-order chi connectivity index (χ1) is 10.3. The summed E-state index contributed by atoms with van der Waals surface area (Å²) in [7, 11) is -3.75. The van der Waals surface area contributed by atoms with E-state index in [1.165, 1.54) is 6.07 Å². The van der Waals surface area contributed by atoms with Gasteiger partial charge in [0.25, 0.3) is 0 Å². The molecule has 0 fully saturated rings. The Balaban J connectivity index is 2.64. The molecule has 2 rings (SSSR count). The molecule has 0 aliphatic heterocycles. The number of ketones is 1. The molecule has 1 atom stereocenters. The molecule has 3 nitrogen and oxygen atoms in total. The summed E-state index contributed by atoms with van der Waals surface area (Å²) in [6.07, 6.45) is 0.00313. The van der Waals surface area contributed by atoms with E-state index in [4.69, 9.17) is 0 Å². The van der Waals surface area contributed by atoms with Crippen molar-refractivity contribution in [2.75, 3.05) is 6.16 Å². The van der Waals surface area contributed by atoms with E-state index >= 15 is 0 Å². The van der Waals surface area contributed by atoms with Gasteiger partial charge in [0.1, 0.15) is 0 Å². The van der Waals surface area contributed by atoms with E-state index in [0.717, 1.165) is 16.7 Å². The Labute approximate surface area is 131 Å². The number of aryl methyl sites for hydroxylation is 3. The van der Waals surface area contributed by atoms with Crippen molar-refractivity contribution in [1.29, 1.82) is 0 Å². The molecule has 0 saturated carbocycles. The summed E-state index contributed by atoms with van der Waals surface area (Å²) in [6, 6.07) is 10.4. The summed E-state index contributed by atoms with van der Waals surface area (Å²) in [5, 5.41) is 0.141. The van der Waals surface area contributed by atoms with E-state index in [2.05, 4.69) is 0 Å². The fraction of sp³-hybridized carbons (Fsp3) is 0.278. The van der Waals surface area contributed by atoms with Crippen LogP contribution in [0.2, 0.25) is 0 Å². The predicted octanol–water partition coefficient (Wildman–Crippen LogP) is 3.13. The van der Waals surface area contributed by atoms with E-state index in [0.29, 0.717) is 5.56 Å². The van der Waals surface area contributed by atoms with Gasteiger partial charge in [-0.25, -0.2) is 0 Å². The molecular weight excluding hydrogens is 295 g/mol. The fourth-order valence-corrected chi connectivity index (χ4v) is 4.00. The van der Waals surface area contributed by atoms with Gasteiger partial charge < -0.3 is 9.46 Å². The molecule has 0 radical (unpaired) electrons. The van der Waals surface area contributed by atoms with Gasteiger partial charge in [0.15, 0.2) is 5.78 Å². The maximum absolute atomic E-state index is 12.9. The minimum absolute atomic E-state index is 0.00313. The Bertz CT molecular complexity index is 755. The molecule has 0 N–H and O–H groups in total. The van der Waals surface area contributed by atoms with Crippen molar-refractivity contribution in [2.24, 2.45) is 0 Å². The quantitative estimate of drug-likeness (QED) is 0.643. The van der Waals surface area contributed by atoms with Crippen molar-refractivity contribution < 1.29 is 14.3 Å². The van der Waals surface area contributed by atoms with Crippen LogP contribution in [0.25, 0.3) is 0 Å². The molecule has 1 unspecified atom stereocenters. The number of rotatable bonds is 4. The highest BCUT2D eigenvalue weighted by atomic mass is 31.2. The lowest BCUT2D eigenvalue weighted by Gasteiger charge is -2.24. The highest BCUT2D eigenvalue weighted by molar-refractivity contribution is 7.64. The van der Waals surface area contributed by atoms with E-state index < -0.39 is 7.37 Å². The van der Waals surface area contributed by atoms with Crippen LogP contribution in [0.5, 0.6) is 0 Å². The SMILES string of the molecule is CCP(=O)([O-])c1ccccc1C(=O)c1c(C)cc(C)cc1C. The van der Waals surface area contributed by atoms with Gasteiger partial charge in [0.05, 0.1) is 0 Å². The van der Waals surface area contributed by atoms with Crippen molar-refractivity contribution in [1.82, 2.24) is 0 Å². The molecule has 0 bridgehead atoms. The predicted molar refractivity (Wildman–Crippen MR) is 88.3 cm³/mol. The van der Waals surface area contributed by atoms with Gasteiger partial charge in [-0.05, 0) is 38.1 Å². The Kier molecular flexibility index (Phi) is 4.69. The third-order valence-electron chi connectivity index (χ3n) is 3.84. The molecule has 0 aromatic heterocycles. The van der Waals surface area contributed by atoms with Gasteiger partial charge >= 0.3 is 0 Å². The maximum atomic E-state index is 12.9. The first-order valence-corrected chi connectivity index (χ1v) is 9.11. The standard InChI is InChI=1S/C18H21O3P/c1-5-22(20,21)16-9-7-6-8-15(16)18(19)17-13(3)10-12(2)11-14(17)4/h6-11H,5H2,1-4H3,(H,20,21)/p-1. The van der Waals surface area contributed by atoms with Crippen LogP contribution in [-0.4, -0.2) is 11.9 Å². The number of benzene rings is 2. The summed E-state index contributed by atoms with van der Waals surface area (Å²) < 4.78 is 12.3. The number of carbonyl (C=O) groups is 1. The highest BCUT2D eigenvalue weighted by Gasteiger charge is 2.21. The van der Waals surface area contributed by atoms with Gasteiger partial charge in [0, 0.05) is 23.8 Å². The molecule has 0 heterocycles. The number of hydrogen-bond donors (Lipinski definition) is 0. The topological polar surface area (TPSA) is 57.2 Å². The first-order valence-electron chi connectivity index (χ1n) is 7.30. The van der Waals surface area contributed by atoms with Crippen LogP contribution >= 0.6 is 7.37 Å². The van der Waals surface area contributed by atoms with Crippen molar-refractivity contribution in [2.45, 2.75) is 27.7 Å².